The van der Waals surface area contributed by atoms with Gasteiger partial charge >= 0.3 is 0 Å². The highest BCUT2D eigenvalue weighted by Gasteiger charge is 2.28. The summed E-state index contributed by atoms with van der Waals surface area (Å²) in [6.45, 7) is 5.58. The Balaban J connectivity index is 1.50. The van der Waals surface area contributed by atoms with Gasteiger partial charge in [-0.1, -0.05) is 5.16 Å². The van der Waals surface area contributed by atoms with E-state index < -0.39 is 10.0 Å². The van der Waals surface area contributed by atoms with Crippen molar-refractivity contribution in [1.29, 1.82) is 0 Å². The van der Waals surface area contributed by atoms with Gasteiger partial charge in [-0.25, -0.2) is 13.4 Å². The second kappa shape index (κ2) is 10.2. The molecule has 2 aromatic heterocycles. The Labute approximate surface area is 170 Å². The molecule has 1 aliphatic heterocycles. The highest BCUT2D eigenvalue weighted by atomic mass is 32.2. The second-order valence-corrected chi connectivity index (χ2v) is 8.37. The first kappa shape index (κ1) is 21.1. The lowest BCUT2D eigenvalue weighted by molar-refractivity contribution is 0.259. The van der Waals surface area contributed by atoms with Crippen molar-refractivity contribution in [3.63, 3.8) is 0 Å². The van der Waals surface area contributed by atoms with Crippen LogP contribution in [-0.4, -0.2) is 79.6 Å². The number of nitrogens with one attached hydrogen (secondary N) is 1. The van der Waals surface area contributed by atoms with Crippen molar-refractivity contribution in [2.45, 2.75) is 12.7 Å². The average Bonchev–Trinajstić information content (AvgIpc) is 3.23. The number of hydrogen-bond acceptors (Lipinski definition) is 7. The first-order valence-electron chi connectivity index (χ1n) is 9.51. The number of nitrogens with zero attached hydrogens (tertiary/aromatic N) is 5. The van der Waals surface area contributed by atoms with Crippen molar-refractivity contribution >= 4 is 16.0 Å². The molecule has 3 rings (SSSR count). The Kier molecular flexibility index (Phi) is 7.42. The van der Waals surface area contributed by atoms with E-state index in [0.29, 0.717) is 50.8 Å². The summed E-state index contributed by atoms with van der Waals surface area (Å²) in [6, 6.07) is 5.23. The van der Waals surface area contributed by atoms with Gasteiger partial charge in [0.05, 0.1) is 18.4 Å². The third kappa shape index (κ3) is 6.16. The predicted molar refractivity (Wildman–Crippen MR) is 108 cm³/mol. The molecule has 11 heteroatoms. The second-order valence-electron chi connectivity index (χ2n) is 6.41. The monoisotopic (exact) mass is 422 g/mol. The van der Waals surface area contributed by atoms with Gasteiger partial charge in [-0.3, -0.25) is 4.98 Å². The summed E-state index contributed by atoms with van der Waals surface area (Å²) in [5, 5.41) is 6.95. The normalized spacial score (nSPS) is 16.0. The number of sulfonamides is 1. The van der Waals surface area contributed by atoms with E-state index in [1.165, 1.54) is 10.6 Å². The van der Waals surface area contributed by atoms with E-state index in [4.69, 9.17) is 9.26 Å². The Morgan fingerprint density at radius 2 is 2.14 bits per heavy atom. The number of aromatic nitrogens is 2. The van der Waals surface area contributed by atoms with Gasteiger partial charge in [-0.2, -0.15) is 4.31 Å². The maximum atomic E-state index is 12.6. The molecule has 0 atom stereocenters. The molecule has 2 aromatic rings. The van der Waals surface area contributed by atoms with Crippen LogP contribution < -0.4 is 10.1 Å². The fourth-order valence-electron chi connectivity index (χ4n) is 2.94. The minimum atomic E-state index is -3.42. The van der Waals surface area contributed by atoms with Gasteiger partial charge in [0.2, 0.25) is 10.0 Å². The first-order valence-corrected chi connectivity index (χ1v) is 11.1. The van der Waals surface area contributed by atoms with Gasteiger partial charge in [-0.15, -0.1) is 0 Å². The van der Waals surface area contributed by atoms with Crippen LogP contribution in [0, 0.1) is 0 Å². The third-order valence-electron chi connectivity index (χ3n) is 4.34. The van der Waals surface area contributed by atoms with Crippen LogP contribution in [0.15, 0.2) is 46.4 Å². The Hall–Kier alpha value is -2.66. The molecular weight excluding hydrogens is 396 g/mol. The Morgan fingerprint density at radius 3 is 2.79 bits per heavy atom. The molecule has 158 valence electrons. The molecule has 29 heavy (non-hydrogen) atoms. The smallest absolute Gasteiger partial charge is 0.220 e. The summed E-state index contributed by atoms with van der Waals surface area (Å²) in [5.41, 5.74) is 0.413. The quantitative estimate of drug-likeness (QED) is 0.373. The molecular formula is C18H26N6O4S. The maximum absolute atomic E-state index is 12.6. The molecule has 1 N–H and O–H groups in total. The van der Waals surface area contributed by atoms with Crippen LogP contribution in [0.2, 0.25) is 0 Å². The molecule has 10 nitrogen and oxygen atoms in total. The number of ether oxygens (including phenoxy) is 1. The Morgan fingerprint density at radius 1 is 1.31 bits per heavy atom. The van der Waals surface area contributed by atoms with Crippen LogP contribution in [-0.2, 0) is 15.8 Å². The topological polar surface area (TPSA) is 113 Å². The highest BCUT2D eigenvalue weighted by molar-refractivity contribution is 7.88. The average molecular weight is 423 g/mol. The lowest BCUT2D eigenvalue weighted by Gasteiger charge is -2.35. The van der Waals surface area contributed by atoms with Crippen molar-refractivity contribution in [2.75, 3.05) is 45.9 Å². The standard InChI is InChI=1S/C18H26N6O4S/c1-2-20-18(21-7-13-27-17-4-3-6-19-14-17)23-8-10-24(11-9-23)29(25,26)15-16-5-12-28-22-16/h3-6,12,14H,2,7-11,13,15H2,1H3,(H,20,21). The zero-order valence-corrected chi connectivity index (χ0v) is 17.2. The minimum absolute atomic E-state index is 0.149. The number of guanidine groups is 1. The SMILES string of the molecule is CCNC(=NCCOc1cccnc1)N1CCN(S(=O)(=O)Cc2ccon2)CC1. The summed E-state index contributed by atoms with van der Waals surface area (Å²) in [6.07, 6.45) is 4.73. The van der Waals surface area contributed by atoms with E-state index in [2.05, 4.69) is 25.3 Å². The molecule has 0 aromatic carbocycles. The van der Waals surface area contributed by atoms with Crippen LogP contribution in [0.4, 0.5) is 0 Å². The molecule has 0 saturated carbocycles. The van der Waals surface area contributed by atoms with Crippen LogP contribution in [0.3, 0.4) is 0 Å². The van der Waals surface area contributed by atoms with Crippen LogP contribution in [0.5, 0.6) is 5.75 Å². The number of piperazine rings is 1. The molecule has 0 bridgehead atoms. The van der Waals surface area contributed by atoms with E-state index >= 15 is 0 Å². The summed E-state index contributed by atoms with van der Waals surface area (Å²) in [5.74, 6) is 1.32. The van der Waals surface area contributed by atoms with Gasteiger partial charge in [-0.05, 0) is 19.1 Å². The van der Waals surface area contributed by atoms with E-state index in [-0.39, 0.29) is 5.75 Å². The van der Waals surface area contributed by atoms with Crippen molar-refractivity contribution in [1.82, 2.24) is 24.7 Å². The fraction of sp³-hybridized carbons (Fsp3) is 0.500. The molecule has 0 radical (unpaired) electrons. The minimum Gasteiger partial charge on any atom is -0.490 e. The Bertz CT molecular complexity index is 865. The number of rotatable bonds is 8. The molecule has 3 heterocycles. The van der Waals surface area contributed by atoms with E-state index in [1.807, 2.05) is 19.1 Å². The van der Waals surface area contributed by atoms with Gasteiger partial charge in [0, 0.05) is 45.0 Å². The summed E-state index contributed by atoms with van der Waals surface area (Å²) in [7, 11) is -3.42. The van der Waals surface area contributed by atoms with E-state index in [1.54, 1.807) is 18.5 Å². The zero-order chi connectivity index (χ0) is 20.5. The van der Waals surface area contributed by atoms with Crippen LogP contribution in [0.1, 0.15) is 12.6 Å². The van der Waals surface area contributed by atoms with E-state index in [9.17, 15) is 8.42 Å². The largest absolute Gasteiger partial charge is 0.490 e. The highest BCUT2D eigenvalue weighted by Crippen LogP contribution is 2.13. The van der Waals surface area contributed by atoms with Crippen molar-refractivity contribution in [3.8, 4) is 5.75 Å². The zero-order valence-electron chi connectivity index (χ0n) is 16.4. The lowest BCUT2D eigenvalue weighted by Crippen LogP contribution is -2.54. The van der Waals surface area contributed by atoms with Crippen molar-refractivity contribution < 1.29 is 17.7 Å². The van der Waals surface area contributed by atoms with Gasteiger partial charge < -0.3 is 19.5 Å². The molecule has 0 aliphatic carbocycles. The molecule has 1 fully saturated rings. The third-order valence-corrected chi connectivity index (χ3v) is 6.16. The summed E-state index contributed by atoms with van der Waals surface area (Å²) < 4.78 is 36.9. The molecule has 0 spiro atoms. The summed E-state index contributed by atoms with van der Waals surface area (Å²) in [4.78, 5) is 10.7. The lowest BCUT2D eigenvalue weighted by atomic mass is 10.4. The van der Waals surface area contributed by atoms with Gasteiger partial charge in [0.25, 0.3) is 0 Å². The van der Waals surface area contributed by atoms with E-state index in [0.717, 1.165) is 12.5 Å². The molecule has 0 unspecified atom stereocenters. The predicted octanol–water partition coefficient (Wildman–Crippen LogP) is 0.562. The summed E-state index contributed by atoms with van der Waals surface area (Å²) >= 11 is 0. The number of pyridine rings is 1. The van der Waals surface area contributed by atoms with Crippen LogP contribution in [0.25, 0.3) is 0 Å². The van der Waals surface area contributed by atoms with Crippen molar-refractivity contribution in [2.24, 2.45) is 4.99 Å². The number of hydrogen-bond donors (Lipinski definition) is 1. The van der Waals surface area contributed by atoms with Crippen LogP contribution >= 0.6 is 0 Å². The van der Waals surface area contributed by atoms with Gasteiger partial charge in [0.15, 0.2) is 5.96 Å². The molecule has 0 amide bonds. The molecule has 1 saturated heterocycles. The first-order chi connectivity index (χ1) is 14.1. The van der Waals surface area contributed by atoms with Gasteiger partial charge in [0.1, 0.15) is 24.4 Å². The number of aliphatic imine (C=N–C) groups is 1. The maximum Gasteiger partial charge on any atom is 0.220 e. The molecule has 1 aliphatic rings. The van der Waals surface area contributed by atoms with Crippen molar-refractivity contribution in [3.05, 3.63) is 42.5 Å². The fourth-order valence-corrected chi connectivity index (χ4v) is 4.37.